The van der Waals surface area contributed by atoms with E-state index in [1.807, 2.05) is 0 Å². The number of amides is 5. The molecule has 50 heavy (non-hydrogen) atoms. The number of carbonyl (C=O) groups excluding carboxylic acids is 6. The van der Waals surface area contributed by atoms with Gasteiger partial charge in [-0.15, -0.1) is 0 Å². The zero-order valence-corrected chi connectivity index (χ0v) is 30.0. The predicted molar refractivity (Wildman–Crippen MR) is 184 cm³/mol. The van der Waals surface area contributed by atoms with Crippen molar-refractivity contribution in [2.24, 2.45) is 23.5 Å². The highest BCUT2D eigenvalue weighted by Crippen LogP contribution is 2.34. The van der Waals surface area contributed by atoms with Crippen molar-refractivity contribution in [3.63, 3.8) is 0 Å². The predicted octanol–water partition coefficient (Wildman–Crippen LogP) is -0.119. The number of rotatable bonds is 18. The highest BCUT2D eigenvalue weighted by molar-refractivity contribution is 6.16. The summed E-state index contributed by atoms with van der Waals surface area (Å²) in [4.78, 5) is 95.3. The highest BCUT2D eigenvalue weighted by atomic mass is 16.4. The minimum absolute atomic E-state index is 0.0999. The fourth-order valence-corrected chi connectivity index (χ4v) is 6.24. The summed E-state index contributed by atoms with van der Waals surface area (Å²) in [6, 6.07) is 2.27. The fourth-order valence-electron chi connectivity index (χ4n) is 6.24. The molecular formula is C35H54N6O9. The Bertz CT molecular complexity index is 1380. The van der Waals surface area contributed by atoms with Gasteiger partial charge in [-0.05, 0) is 50.5 Å². The summed E-state index contributed by atoms with van der Waals surface area (Å²) in [6.45, 7) is 8.47. The maximum absolute atomic E-state index is 15.1. The topological polar surface area (TPSA) is 237 Å². The van der Waals surface area contributed by atoms with E-state index >= 15 is 4.79 Å². The number of carboxylic acids is 1. The summed E-state index contributed by atoms with van der Waals surface area (Å²) in [5.41, 5.74) is 3.87. The van der Waals surface area contributed by atoms with Crippen LogP contribution in [-0.2, 0) is 40.0 Å². The monoisotopic (exact) mass is 702 g/mol. The molecule has 0 aliphatic heterocycles. The Hall–Kier alpha value is -4.37. The number of hydrogen-bond acceptors (Lipinski definition) is 9. The maximum Gasteiger partial charge on any atom is 0.326 e. The molecule has 0 heterocycles. The van der Waals surface area contributed by atoms with Crippen LogP contribution in [0.25, 0.3) is 0 Å². The van der Waals surface area contributed by atoms with Gasteiger partial charge in [-0.25, -0.2) is 4.79 Å². The molecule has 1 aromatic rings. The zero-order valence-electron chi connectivity index (χ0n) is 30.0. The minimum atomic E-state index is -2.24. The third kappa shape index (κ3) is 10.1. The maximum atomic E-state index is 15.1. The van der Waals surface area contributed by atoms with E-state index in [2.05, 4.69) is 21.3 Å². The van der Waals surface area contributed by atoms with Crippen molar-refractivity contribution < 1.29 is 43.8 Å². The second-order valence-electron chi connectivity index (χ2n) is 13.7. The molecule has 5 amide bonds. The lowest BCUT2D eigenvalue weighted by Crippen LogP contribution is -2.72. The lowest BCUT2D eigenvalue weighted by molar-refractivity contribution is -0.162. The third-order valence-corrected chi connectivity index (χ3v) is 9.29. The van der Waals surface area contributed by atoms with Crippen LogP contribution >= 0.6 is 0 Å². The quantitative estimate of drug-likeness (QED) is 0.100. The molecule has 15 nitrogen and oxygen atoms in total. The molecule has 0 radical (unpaired) electrons. The largest absolute Gasteiger partial charge is 0.480 e. The van der Waals surface area contributed by atoms with Gasteiger partial charge in [0.05, 0.1) is 12.6 Å². The Morgan fingerprint density at radius 2 is 1.36 bits per heavy atom. The number of ketones is 1. The smallest absolute Gasteiger partial charge is 0.326 e. The molecule has 1 aliphatic rings. The Kier molecular flexibility index (Phi) is 15.5. The molecule has 0 bridgehead atoms. The molecule has 8 N–H and O–H groups in total. The summed E-state index contributed by atoms with van der Waals surface area (Å²) in [7, 11) is 1.37. The molecule has 6 atom stereocenters. The average Bonchev–Trinajstić information content (AvgIpc) is 3.61. The van der Waals surface area contributed by atoms with E-state index in [0.29, 0.717) is 18.4 Å². The number of Topliss-reactive ketones (excluding diaryl/α,β-unsaturated/α-hetero) is 1. The van der Waals surface area contributed by atoms with Crippen LogP contribution in [0.2, 0.25) is 0 Å². The Morgan fingerprint density at radius 1 is 0.840 bits per heavy atom. The number of aliphatic carboxylic acids is 1. The molecule has 1 saturated carbocycles. The molecule has 2 rings (SSSR count). The van der Waals surface area contributed by atoms with E-state index in [1.54, 1.807) is 58.0 Å². The minimum Gasteiger partial charge on any atom is -0.480 e. The van der Waals surface area contributed by atoms with Crippen molar-refractivity contribution in [3.05, 3.63) is 35.9 Å². The van der Waals surface area contributed by atoms with Gasteiger partial charge in [0.2, 0.25) is 23.6 Å². The number of aliphatic hydroxyl groups is 1. The van der Waals surface area contributed by atoms with Crippen molar-refractivity contribution in [3.8, 4) is 0 Å². The van der Waals surface area contributed by atoms with Crippen LogP contribution in [0, 0.1) is 17.8 Å². The van der Waals surface area contributed by atoms with E-state index in [-0.39, 0.29) is 6.42 Å². The summed E-state index contributed by atoms with van der Waals surface area (Å²) in [6.07, 6.45) is 2.66. The van der Waals surface area contributed by atoms with Crippen molar-refractivity contribution in [2.75, 3.05) is 13.7 Å². The van der Waals surface area contributed by atoms with E-state index in [4.69, 9.17) is 10.8 Å². The van der Waals surface area contributed by atoms with Crippen LogP contribution in [0.3, 0.4) is 0 Å². The SMILES string of the molecule is CC(C)[C@H](NC(=O)[C@](C(=O)C(Cc1ccccc1)NC(=O)[C@H](C)NC(=O)[C@H](C)NC(=O)[C@@H](N)CO)(C(C)C)N(C)C(=O)C1CCCC1)C(=O)O. The number of nitrogens with zero attached hydrogens (tertiary/aromatic N) is 1. The van der Waals surface area contributed by atoms with Gasteiger partial charge in [0, 0.05) is 13.0 Å². The van der Waals surface area contributed by atoms with Crippen LogP contribution in [0.15, 0.2) is 30.3 Å². The van der Waals surface area contributed by atoms with Crippen molar-refractivity contribution in [1.29, 1.82) is 0 Å². The molecule has 0 spiro atoms. The Labute approximate surface area is 293 Å². The number of benzene rings is 1. The molecule has 0 aromatic heterocycles. The lowest BCUT2D eigenvalue weighted by Gasteiger charge is -2.45. The molecule has 1 fully saturated rings. The summed E-state index contributed by atoms with van der Waals surface area (Å²) >= 11 is 0. The zero-order chi connectivity index (χ0) is 37.9. The van der Waals surface area contributed by atoms with Crippen LogP contribution < -0.4 is 27.0 Å². The Morgan fingerprint density at radius 3 is 1.84 bits per heavy atom. The van der Waals surface area contributed by atoms with E-state index in [9.17, 15) is 33.9 Å². The van der Waals surface area contributed by atoms with Gasteiger partial charge in [-0.1, -0.05) is 70.9 Å². The first-order valence-corrected chi connectivity index (χ1v) is 17.1. The molecular weight excluding hydrogens is 648 g/mol. The second-order valence-corrected chi connectivity index (χ2v) is 13.7. The molecule has 1 aromatic carbocycles. The van der Waals surface area contributed by atoms with E-state index in [0.717, 1.165) is 17.7 Å². The van der Waals surface area contributed by atoms with Crippen molar-refractivity contribution in [1.82, 2.24) is 26.2 Å². The highest BCUT2D eigenvalue weighted by Gasteiger charge is 2.57. The van der Waals surface area contributed by atoms with E-state index < -0.39 is 101 Å². The molecule has 15 heteroatoms. The number of nitrogens with two attached hydrogens (primary N) is 1. The van der Waals surface area contributed by atoms with Crippen LogP contribution in [0.5, 0.6) is 0 Å². The standard InChI is InChI=1S/C35H54N6O9/c1-19(2)27(33(48)49)40-34(50)35(20(3)4,41(7)32(47)24-15-11-12-16-24)28(43)26(17-23-13-9-8-10-14-23)39-30(45)22(6)37-29(44)21(5)38-31(46)25(36)18-42/h8-10,13-14,19-22,24-27,42H,11-12,15-18,36H2,1-7H3,(H,37,44)(H,38,46)(H,39,45)(H,40,50)(H,48,49)/t21-,22-,25-,26?,27-,35+/m0/s1. The van der Waals surface area contributed by atoms with Gasteiger partial charge < -0.3 is 42.1 Å². The number of likely N-dealkylation sites (N-methyl/N-ethyl adjacent to an activating group) is 1. The van der Waals surface area contributed by atoms with Gasteiger partial charge in [-0.3, -0.25) is 28.8 Å². The van der Waals surface area contributed by atoms with Crippen molar-refractivity contribution in [2.45, 2.75) is 109 Å². The first-order chi connectivity index (χ1) is 23.4. The van der Waals surface area contributed by atoms with Gasteiger partial charge in [0.1, 0.15) is 24.2 Å². The second kappa shape index (κ2) is 18.6. The normalized spacial score (nSPS) is 17.4. The van der Waals surface area contributed by atoms with Crippen LogP contribution in [0.4, 0.5) is 0 Å². The van der Waals surface area contributed by atoms with E-state index in [1.165, 1.54) is 20.9 Å². The third-order valence-electron chi connectivity index (χ3n) is 9.29. The van der Waals surface area contributed by atoms with Crippen LogP contribution in [0.1, 0.15) is 72.8 Å². The average molecular weight is 703 g/mol. The first kappa shape index (κ1) is 41.8. The van der Waals surface area contributed by atoms with Gasteiger partial charge in [0.15, 0.2) is 11.3 Å². The Balaban J connectivity index is 2.58. The number of hydrogen-bond donors (Lipinski definition) is 7. The fraction of sp³-hybridized carbons (Fsp3) is 0.629. The molecule has 1 unspecified atom stereocenters. The van der Waals surface area contributed by atoms with Gasteiger partial charge in [-0.2, -0.15) is 0 Å². The van der Waals surface area contributed by atoms with Gasteiger partial charge in [0.25, 0.3) is 5.91 Å². The summed E-state index contributed by atoms with van der Waals surface area (Å²) < 4.78 is 0. The van der Waals surface area contributed by atoms with Crippen LogP contribution in [-0.4, -0.2) is 106 Å². The molecule has 1 aliphatic carbocycles. The molecule has 0 saturated heterocycles. The van der Waals surface area contributed by atoms with Gasteiger partial charge >= 0.3 is 5.97 Å². The summed E-state index contributed by atoms with van der Waals surface area (Å²) in [5, 5.41) is 29.1. The molecule has 278 valence electrons. The number of carboxylic acid groups (broad SMARTS) is 1. The number of carbonyl (C=O) groups is 7. The summed E-state index contributed by atoms with van der Waals surface area (Å²) in [5.74, 6) is -7.77. The number of nitrogens with one attached hydrogen (secondary N) is 4. The number of aliphatic hydroxyl groups excluding tert-OH is 1. The van der Waals surface area contributed by atoms with Crippen molar-refractivity contribution >= 4 is 41.3 Å². The lowest BCUT2D eigenvalue weighted by atomic mass is 9.75. The first-order valence-electron chi connectivity index (χ1n) is 17.1.